The molecule has 6 heteroatoms. The molecule has 0 amide bonds. The Labute approximate surface area is 340 Å². The molecule has 0 aromatic carbocycles. The first kappa shape index (κ1) is 52.6. The fourth-order valence-electron chi connectivity index (χ4n) is 6.57. The predicted octanol–water partition coefficient (Wildman–Crippen LogP) is 15.0. The number of hydrogen-bond acceptors (Lipinski definition) is 6. The number of carbonyl (C=O) groups excluding carboxylic acids is 3. The molecule has 0 saturated carbocycles. The molecule has 0 bridgehead atoms. The van der Waals surface area contributed by atoms with Gasteiger partial charge in [0.1, 0.15) is 13.2 Å². The van der Waals surface area contributed by atoms with E-state index in [0.29, 0.717) is 19.3 Å². The molecular weight excluding hydrogens is 685 g/mol. The molecule has 0 unspecified atom stereocenters. The van der Waals surface area contributed by atoms with Crippen LogP contribution in [0.5, 0.6) is 0 Å². The number of ether oxygens (including phenoxy) is 3. The van der Waals surface area contributed by atoms with E-state index in [1.165, 1.54) is 116 Å². The van der Waals surface area contributed by atoms with Gasteiger partial charge in [0.05, 0.1) is 0 Å². The van der Waals surface area contributed by atoms with Gasteiger partial charge < -0.3 is 14.2 Å². The monoisotopic (exact) mass is 773 g/mol. The van der Waals surface area contributed by atoms with Gasteiger partial charge in [-0.2, -0.15) is 0 Å². The first-order valence-corrected chi connectivity index (χ1v) is 23.5. The highest BCUT2D eigenvalue weighted by atomic mass is 16.6. The van der Waals surface area contributed by atoms with Crippen molar-refractivity contribution in [1.82, 2.24) is 0 Å². The maximum Gasteiger partial charge on any atom is 0.306 e. The second-order valence-corrected chi connectivity index (χ2v) is 15.7. The first-order valence-electron chi connectivity index (χ1n) is 23.5. The maximum atomic E-state index is 12.7. The van der Waals surface area contributed by atoms with Gasteiger partial charge in [0.15, 0.2) is 6.10 Å². The van der Waals surface area contributed by atoms with Gasteiger partial charge in [-0.1, -0.05) is 198 Å². The van der Waals surface area contributed by atoms with Crippen LogP contribution < -0.4 is 0 Å². The molecule has 0 spiro atoms. The summed E-state index contributed by atoms with van der Waals surface area (Å²) in [5.41, 5.74) is 0. The third-order valence-electron chi connectivity index (χ3n) is 10.1. The molecule has 0 aliphatic rings. The number of hydrogen-bond donors (Lipinski definition) is 0. The second kappa shape index (κ2) is 44.3. The van der Waals surface area contributed by atoms with Crippen LogP contribution >= 0.6 is 0 Å². The second-order valence-electron chi connectivity index (χ2n) is 15.7. The summed E-state index contributed by atoms with van der Waals surface area (Å²) in [5, 5.41) is 0. The number of carbonyl (C=O) groups is 3. The molecule has 0 heterocycles. The Balaban J connectivity index is 4.35. The standard InChI is InChI=1S/C49H88O6/c1-4-7-10-13-16-19-22-23-24-25-26-27-28-31-33-36-39-42-48(51)54-45-46(55-49(52)43-40-37-34-30-21-18-15-12-9-6-3)44-53-47(50)41-38-35-32-29-20-17-14-11-8-5-2/h16,19,23-24,26-27,46H,4-15,17-18,20-22,25,28-45H2,1-3H3/b19-16-,24-23-,27-26-/t46-/m1/s1. The molecule has 1 atom stereocenters. The molecule has 6 nitrogen and oxygen atoms in total. The molecule has 55 heavy (non-hydrogen) atoms. The van der Waals surface area contributed by atoms with Crippen molar-refractivity contribution in [3.8, 4) is 0 Å². The highest BCUT2D eigenvalue weighted by Crippen LogP contribution is 2.14. The van der Waals surface area contributed by atoms with Gasteiger partial charge in [-0.05, 0) is 57.8 Å². The normalized spacial score (nSPS) is 12.3. The highest BCUT2D eigenvalue weighted by molar-refractivity contribution is 5.71. The average Bonchev–Trinajstić information content (AvgIpc) is 3.18. The van der Waals surface area contributed by atoms with Crippen LogP contribution in [0.1, 0.15) is 239 Å². The summed E-state index contributed by atoms with van der Waals surface area (Å²) in [7, 11) is 0. The van der Waals surface area contributed by atoms with Crippen LogP contribution in [-0.2, 0) is 28.6 Å². The Hall–Kier alpha value is -2.37. The van der Waals surface area contributed by atoms with Crippen molar-refractivity contribution in [2.45, 2.75) is 245 Å². The number of rotatable bonds is 42. The molecule has 0 radical (unpaired) electrons. The molecule has 0 aromatic heterocycles. The largest absolute Gasteiger partial charge is 0.462 e. The number of esters is 3. The van der Waals surface area contributed by atoms with Crippen LogP contribution in [0.25, 0.3) is 0 Å². The summed E-state index contributed by atoms with van der Waals surface area (Å²) in [5.74, 6) is -0.898. The Morgan fingerprint density at radius 2 is 0.655 bits per heavy atom. The van der Waals surface area contributed by atoms with Gasteiger partial charge in [0, 0.05) is 19.3 Å². The Morgan fingerprint density at radius 3 is 1.05 bits per heavy atom. The quantitative estimate of drug-likeness (QED) is 0.0266. The molecule has 0 rings (SSSR count). The highest BCUT2D eigenvalue weighted by Gasteiger charge is 2.19. The molecule has 0 N–H and O–H groups in total. The van der Waals surface area contributed by atoms with Crippen molar-refractivity contribution < 1.29 is 28.6 Å². The Bertz CT molecular complexity index is 938. The number of unbranched alkanes of at least 4 members (excludes halogenated alkanes) is 25. The van der Waals surface area contributed by atoms with Gasteiger partial charge in [-0.3, -0.25) is 14.4 Å². The summed E-state index contributed by atoms with van der Waals surface area (Å²) in [4.78, 5) is 37.7. The van der Waals surface area contributed by atoms with Gasteiger partial charge in [-0.15, -0.1) is 0 Å². The molecule has 0 saturated heterocycles. The summed E-state index contributed by atoms with van der Waals surface area (Å²) < 4.78 is 16.7. The van der Waals surface area contributed by atoms with Crippen LogP contribution in [0.4, 0.5) is 0 Å². The van der Waals surface area contributed by atoms with E-state index in [1.807, 2.05) is 0 Å². The van der Waals surface area contributed by atoms with Crippen molar-refractivity contribution in [2.75, 3.05) is 13.2 Å². The number of allylic oxidation sites excluding steroid dienone is 6. The molecule has 0 fully saturated rings. The van der Waals surface area contributed by atoms with Gasteiger partial charge in [0.2, 0.25) is 0 Å². The summed E-state index contributed by atoms with van der Waals surface area (Å²) >= 11 is 0. The van der Waals surface area contributed by atoms with Crippen molar-refractivity contribution in [1.29, 1.82) is 0 Å². The van der Waals surface area contributed by atoms with Crippen molar-refractivity contribution in [3.05, 3.63) is 36.5 Å². The maximum absolute atomic E-state index is 12.7. The minimum absolute atomic E-state index is 0.0763. The van der Waals surface area contributed by atoms with Gasteiger partial charge in [-0.25, -0.2) is 0 Å². The van der Waals surface area contributed by atoms with E-state index in [-0.39, 0.29) is 31.1 Å². The lowest BCUT2D eigenvalue weighted by atomic mass is 10.1. The molecule has 0 aromatic rings. The Kier molecular flexibility index (Phi) is 42.4. The first-order chi connectivity index (χ1) is 27.0. The molecule has 320 valence electrons. The minimum atomic E-state index is -0.773. The van der Waals surface area contributed by atoms with E-state index in [2.05, 4.69) is 57.2 Å². The van der Waals surface area contributed by atoms with Gasteiger partial charge in [0.25, 0.3) is 0 Å². The zero-order valence-corrected chi connectivity index (χ0v) is 36.4. The zero-order chi connectivity index (χ0) is 40.1. The van der Waals surface area contributed by atoms with Crippen LogP contribution in [0, 0.1) is 0 Å². The van der Waals surface area contributed by atoms with Crippen LogP contribution in [0.3, 0.4) is 0 Å². The molecule has 0 aliphatic carbocycles. The zero-order valence-electron chi connectivity index (χ0n) is 36.4. The third-order valence-corrected chi connectivity index (χ3v) is 10.1. The lowest BCUT2D eigenvalue weighted by Gasteiger charge is -2.18. The van der Waals surface area contributed by atoms with Crippen molar-refractivity contribution >= 4 is 17.9 Å². The lowest BCUT2D eigenvalue weighted by molar-refractivity contribution is -0.167. The summed E-state index contributed by atoms with van der Waals surface area (Å²) in [6.07, 6.45) is 49.8. The van der Waals surface area contributed by atoms with E-state index in [0.717, 1.165) is 83.5 Å². The van der Waals surface area contributed by atoms with Crippen molar-refractivity contribution in [3.63, 3.8) is 0 Å². The van der Waals surface area contributed by atoms with Crippen molar-refractivity contribution in [2.24, 2.45) is 0 Å². The SMILES string of the molecule is CCCCC/C=C\C/C=C\C/C=C\CCCCCCC(=O)OC[C@@H](COC(=O)CCCCCCCCCCCC)OC(=O)CCCCCCCCCCCC. The Morgan fingerprint density at radius 1 is 0.364 bits per heavy atom. The van der Waals surface area contributed by atoms with E-state index in [1.54, 1.807) is 0 Å². The lowest BCUT2D eigenvalue weighted by Crippen LogP contribution is -2.30. The summed E-state index contributed by atoms with van der Waals surface area (Å²) in [6.45, 7) is 6.56. The predicted molar refractivity (Wildman–Crippen MR) is 233 cm³/mol. The topological polar surface area (TPSA) is 78.9 Å². The minimum Gasteiger partial charge on any atom is -0.462 e. The van der Waals surface area contributed by atoms with Gasteiger partial charge >= 0.3 is 17.9 Å². The van der Waals surface area contributed by atoms with Crippen LogP contribution in [-0.4, -0.2) is 37.2 Å². The molecular formula is C49H88O6. The smallest absolute Gasteiger partial charge is 0.306 e. The fraction of sp³-hybridized carbons (Fsp3) is 0.816. The van der Waals surface area contributed by atoms with E-state index < -0.39 is 6.10 Å². The van der Waals surface area contributed by atoms with E-state index >= 15 is 0 Å². The molecule has 0 aliphatic heterocycles. The third kappa shape index (κ3) is 42.6. The van der Waals surface area contributed by atoms with Crippen LogP contribution in [0.2, 0.25) is 0 Å². The van der Waals surface area contributed by atoms with E-state index in [9.17, 15) is 14.4 Å². The summed E-state index contributed by atoms with van der Waals surface area (Å²) in [6, 6.07) is 0. The van der Waals surface area contributed by atoms with Crippen LogP contribution in [0.15, 0.2) is 36.5 Å². The fourth-order valence-corrected chi connectivity index (χ4v) is 6.57. The van der Waals surface area contributed by atoms with E-state index in [4.69, 9.17) is 14.2 Å². The average molecular weight is 773 g/mol.